The number of carbonyl (C=O) groups is 1. The van der Waals surface area contributed by atoms with Crippen LogP contribution in [0.5, 0.6) is 0 Å². The fourth-order valence-corrected chi connectivity index (χ4v) is 6.32. The van der Waals surface area contributed by atoms with E-state index in [1.54, 1.807) is 22.5 Å². The second-order valence-corrected chi connectivity index (χ2v) is 11.1. The van der Waals surface area contributed by atoms with Crippen LogP contribution in [0.15, 0.2) is 58.8 Å². The van der Waals surface area contributed by atoms with E-state index >= 15 is 0 Å². The molecule has 0 unspecified atom stereocenters. The molecule has 0 spiro atoms. The van der Waals surface area contributed by atoms with Crippen molar-refractivity contribution in [3.63, 3.8) is 0 Å². The van der Waals surface area contributed by atoms with Crippen molar-refractivity contribution in [2.24, 2.45) is 0 Å². The van der Waals surface area contributed by atoms with Gasteiger partial charge in [-0.3, -0.25) is 4.79 Å². The fourth-order valence-electron chi connectivity index (χ4n) is 3.90. The molecule has 1 N–H and O–H groups in total. The van der Waals surface area contributed by atoms with Crippen molar-refractivity contribution in [2.45, 2.75) is 50.5 Å². The van der Waals surface area contributed by atoms with Gasteiger partial charge in [0.2, 0.25) is 15.9 Å². The van der Waals surface area contributed by atoms with Crippen LogP contribution in [0.25, 0.3) is 10.6 Å². The number of hydrogen-bond acceptors (Lipinski definition) is 5. The minimum absolute atomic E-state index is 0.141. The Morgan fingerprint density at radius 2 is 1.82 bits per heavy atom. The summed E-state index contributed by atoms with van der Waals surface area (Å²) in [5.41, 5.74) is 3.82. The van der Waals surface area contributed by atoms with E-state index in [-0.39, 0.29) is 23.8 Å². The van der Waals surface area contributed by atoms with Gasteiger partial charge in [0, 0.05) is 30.6 Å². The van der Waals surface area contributed by atoms with E-state index in [1.165, 1.54) is 16.9 Å². The molecule has 0 saturated carbocycles. The van der Waals surface area contributed by atoms with Gasteiger partial charge in [0.25, 0.3) is 0 Å². The molecule has 8 heteroatoms. The Labute approximate surface area is 199 Å². The Balaban J connectivity index is 1.35. The number of amides is 1. The zero-order valence-electron chi connectivity index (χ0n) is 18.8. The van der Waals surface area contributed by atoms with Gasteiger partial charge in [-0.1, -0.05) is 49.7 Å². The summed E-state index contributed by atoms with van der Waals surface area (Å²) >= 11 is 1.53. The Morgan fingerprint density at radius 3 is 2.55 bits per heavy atom. The molecule has 174 valence electrons. The van der Waals surface area contributed by atoms with Crippen LogP contribution in [0.3, 0.4) is 0 Å². The summed E-state index contributed by atoms with van der Waals surface area (Å²) in [7, 11) is -3.49. The number of nitrogens with zero attached hydrogens (tertiary/aromatic N) is 2. The van der Waals surface area contributed by atoms with Crippen LogP contribution in [-0.4, -0.2) is 36.7 Å². The average Bonchev–Trinajstić information content (AvgIpc) is 3.32. The van der Waals surface area contributed by atoms with E-state index in [0.29, 0.717) is 13.1 Å². The Morgan fingerprint density at radius 1 is 1.06 bits per heavy atom. The molecule has 1 saturated heterocycles. The lowest BCUT2D eigenvalue weighted by molar-refractivity contribution is -0.120. The van der Waals surface area contributed by atoms with Gasteiger partial charge >= 0.3 is 0 Å². The van der Waals surface area contributed by atoms with Gasteiger partial charge in [0.05, 0.1) is 17.0 Å². The summed E-state index contributed by atoms with van der Waals surface area (Å²) in [6.45, 7) is 3.54. The molecule has 0 aliphatic carbocycles. The molecular weight excluding hydrogens is 454 g/mol. The zero-order chi connectivity index (χ0) is 23.3. The third kappa shape index (κ3) is 5.88. The topological polar surface area (TPSA) is 79.4 Å². The fraction of sp³-hybridized carbons (Fsp3) is 0.360. The molecule has 6 nitrogen and oxygen atoms in total. The maximum absolute atomic E-state index is 12.9. The monoisotopic (exact) mass is 483 g/mol. The number of nitrogens with one attached hydrogen (secondary N) is 1. The van der Waals surface area contributed by atoms with E-state index in [4.69, 9.17) is 0 Å². The maximum atomic E-state index is 12.9. The van der Waals surface area contributed by atoms with Gasteiger partial charge in [-0.2, -0.15) is 4.31 Å². The van der Waals surface area contributed by atoms with Gasteiger partial charge in [0.1, 0.15) is 5.01 Å². The molecule has 2 aromatic carbocycles. The normalized spacial score (nSPS) is 14.8. The first-order chi connectivity index (χ1) is 16.0. The van der Waals surface area contributed by atoms with Crippen molar-refractivity contribution < 1.29 is 13.2 Å². The first-order valence-electron chi connectivity index (χ1n) is 11.3. The summed E-state index contributed by atoms with van der Waals surface area (Å²) in [6, 6.07) is 15.2. The van der Waals surface area contributed by atoms with Crippen LogP contribution in [0.1, 0.15) is 43.0 Å². The van der Waals surface area contributed by atoms with Gasteiger partial charge in [-0.05, 0) is 42.5 Å². The highest BCUT2D eigenvalue weighted by molar-refractivity contribution is 7.89. The zero-order valence-corrected chi connectivity index (χ0v) is 20.4. The SMILES string of the molecule is CCc1ccc(-c2nc(CC(=O)NCc3cccc(S(=O)(=O)N4CCCCC4)c3)cs2)cc1. The number of aromatic nitrogens is 1. The summed E-state index contributed by atoms with van der Waals surface area (Å²) in [6.07, 6.45) is 4.06. The number of rotatable bonds is 8. The second kappa shape index (κ2) is 10.6. The quantitative estimate of drug-likeness (QED) is 0.515. The van der Waals surface area contributed by atoms with E-state index in [0.717, 1.165) is 47.5 Å². The van der Waals surface area contributed by atoms with Gasteiger partial charge in [0.15, 0.2) is 0 Å². The van der Waals surface area contributed by atoms with Crippen molar-refractivity contribution in [2.75, 3.05) is 13.1 Å². The number of hydrogen-bond donors (Lipinski definition) is 1. The Kier molecular flexibility index (Phi) is 7.57. The van der Waals surface area contributed by atoms with Gasteiger partial charge < -0.3 is 5.32 Å². The van der Waals surface area contributed by atoms with Gasteiger partial charge in [-0.25, -0.2) is 13.4 Å². The molecule has 0 radical (unpaired) electrons. The van der Waals surface area contributed by atoms with Crippen molar-refractivity contribution in [3.05, 3.63) is 70.7 Å². The standard InChI is InChI=1S/C25H29N3O3S2/c1-2-19-9-11-21(12-10-19)25-27-22(18-32-25)16-24(29)26-17-20-7-6-8-23(15-20)33(30,31)28-13-4-3-5-14-28/h6-12,15,18H,2-5,13-14,16-17H2,1H3,(H,26,29). The highest BCUT2D eigenvalue weighted by atomic mass is 32.2. The molecule has 33 heavy (non-hydrogen) atoms. The molecular formula is C25H29N3O3S2. The summed E-state index contributed by atoms with van der Waals surface area (Å²) < 4.78 is 27.4. The number of sulfonamides is 1. The predicted molar refractivity (Wildman–Crippen MR) is 132 cm³/mol. The molecule has 1 aromatic heterocycles. The lowest BCUT2D eigenvalue weighted by atomic mass is 10.1. The maximum Gasteiger partial charge on any atom is 0.243 e. The Hall–Kier alpha value is -2.55. The summed E-state index contributed by atoms with van der Waals surface area (Å²) in [5.74, 6) is -0.141. The van der Waals surface area contributed by atoms with E-state index in [9.17, 15) is 13.2 Å². The molecule has 0 bridgehead atoms. The lowest BCUT2D eigenvalue weighted by Crippen LogP contribution is -2.35. The number of piperidine rings is 1. The van der Waals surface area contributed by atoms with Crippen molar-refractivity contribution in [1.82, 2.24) is 14.6 Å². The number of thiazole rings is 1. The van der Waals surface area contributed by atoms with Crippen LogP contribution >= 0.6 is 11.3 Å². The average molecular weight is 484 g/mol. The molecule has 1 fully saturated rings. The van der Waals surface area contributed by atoms with Crippen LogP contribution in [-0.2, 0) is 34.2 Å². The van der Waals surface area contributed by atoms with Crippen molar-refractivity contribution in [3.8, 4) is 10.6 Å². The molecule has 1 amide bonds. The summed E-state index contributed by atoms with van der Waals surface area (Å²) in [5, 5.41) is 5.70. The minimum Gasteiger partial charge on any atom is -0.352 e. The molecule has 0 atom stereocenters. The van der Waals surface area contributed by atoms with E-state index < -0.39 is 10.0 Å². The van der Waals surface area contributed by atoms with Crippen molar-refractivity contribution in [1.29, 1.82) is 0 Å². The van der Waals surface area contributed by atoms with Crippen LogP contribution in [0, 0.1) is 0 Å². The first kappa shape index (κ1) is 23.6. The number of benzene rings is 2. The highest BCUT2D eigenvalue weighted by Crippen LogP contribution is 2.25. The smallest absolute Gasteiger partial charge is 0.243 e. The van der Waals surface area contributed by atoms with Gasteiger partial charge in [-0.15, -0.1) is 11.3 Å². The van der Waals surface area contributed by atoms with Crippen molar-refractivity contribution >= 4 is 27.3 Å². The third-order valence-corrected chi connectivity index (χ3v) is 8.68. The molecule has 3 aromatic rings. The molecule has 2 heterocycles. The van der Waals surface area contributed by atoms with Crippen LogP contribution in [0.4, 0.5) is 0 Å². The lowest BCUT2D eigenvalue weighted by Gasteiger charge is -2.26. The largest absolute Gasteiger partial charge is 0.352 e. The molecule has 1 aliphatic rings. The van der Waals surface area contributed by atoms with Crippen LogP contribution < -0.4 is 5.32 Å². The second-order valence-electron chi connectivity index (χ2n) is 8.26. The van der Waals surface area contributed by atoms with E-state index in [1.807, 2.05) is 11.4 Å². The summed E-state index contributed by atoms with van der Waals surface area (Å²) in [4.78, 5) is 17.4. The van der Waals surface area contributed by atoms with E-state index in [2.05, 4.69) is 41.5 Å². The molecule has 4 rings (SSSR count). The Bertz CT molecular complexity index is 1200. The minimum atomic E-state index is -3.49. The number of carbonyl (C=O) groups excluding carboxylic acids is 1. The first-order valence-corrected chi connectivity index (χ1v) is 13.7. The molecule has 1 aliphatic heterocycles. The van der Waals surface area contributed by atoms with Crippen LogP contribution in [0.2, 0.25) is 0 Å². The highest BCUT2D eigenvalue weighted by Gasteiger charge is 2.26. The third-order valence-electron chi connectivity index (χ3n) is 5.84. The predicted octanol–water partition coefficient (Wildman–Crippen LogP) is 4.41. The number of aryl methyl sites for hydroxylation is 1.